The number of phenolic OH excluding ortho intramolecular Hbond substituents is 1. The Kier molecular flexibility index (Phi) is 4.46. The first-order valence-corrected chi connectivity index (χ1v) is 7.20. The zero-order valence-electron chi connectivity index (χ0n) is 11.9. The van der Waals surface area contributed by atoms with Crippen LogP contribution in [0.15, 0.2) is 18.2 Å². The molecule has 1 fully saturated rings. The molecule has 1 aromatic rings. The molecule has 1 aromatic carbocycles. The van der Waals surface area contributed by atoms with Crippen molar-refractivity contribution in [3.63, 3.8) is 0 Å². The number of carbonyl (C=O) groups excluding carboxylic acids is 1. The number of anilines is 1. The zero-order valence-corrected chi connectivity index (χ0v) is 11.9. The van der Waals surface area contributed by atoms with Crippen LogP contribution in [0, 0.1) is 5.92 Å². The van der Waals surface area contributed by atoms with Gasteiger partial charge in [-0.15, -0.1) is 0 Å². The Morgan fingerprint density at radius 1 is 1.37 bits per heavy atom. The summed E-state index contributed by atoms with van der Waals surface area (Å²) in [6, 6.07) is 5.39. The number of nitrogens with zero attached hydrogens (tertiary/aromatic N) is 1. The van der Waals surface area contributed by atoms with E-state index in [1.54, 1.807) is 12.1 Å². The quantitative estimate of drug-likeness (QED) is 0.842. The molecule has 0 aromatic heterocycles. The SMILES string of the molecule is CCCC1CCN(c2ccc(C(C)=O)c(O)c2)CC1. The Hall–Kier alpha value is -1.51. The summed E-state index contributed by atoms with van der Waals surface area (Å²) in [5.74, 6) is 0.859. The van der Waals surface area contributed by atoms with Crippen LogP contribution >= 0.6 is 0 Å². The van der Waals surface area contributed by atoms with Gasteiger partial charge in [-0.2, -0.15) is 0 Å². The van der Waals surface area contributed by atoms with Crippen LogP contribution in [0.25, 0.3) is 0 Å². The number of phenols is 1. The summed E-state index contributed by atoms with van der Waals surface area (Å²) in [5, 5.41) is 9.88. The minimum atomic E-state index is -0.0919. The maximum atomic E-state index is 11.3. The highest BCUT2D eigenvalue weighted by atomic mass is 16.3. The van der Waals surface area contributed by atoms with Crippen LogP contribution in [0.3, 0.4) is 0 Å². The van der Waals surface area contributed by atoms with Crippen LogP contribution in [0.1, 0.15) is 49.9 Å². The summed E-state index contributed by atoms with van der Waals surface area (Å²) >= 11 is 0. The van der Waals surface area contributed by atoms with Gasteiger partial charge >= 0.3 is 0 Å². The molecule has 1 N–H and O–H groups in total. The smallest absolute Gasteiger partial charge is 0.163 e. The van der Waals surface area contributed by atoms with E-state index in [0.29, 0.717) is 5.56 Å². The summed E-state index contributed by atoms with van der Waals surface area (Å²) < 4.78 is 0. The van der Waals surface area contributed by atoms with Gasteiger partial charge in [0.15, 0.2) is 5.78 Å². The molecule has 0 bridgehead atoms. The van der Waals surface area contributed by atoms with Crippen LogP contribution in [0.4, 0.5) is 5.69 Å². The molecule has 0 aliphatic carbocycles. The van der Waals surface area contributed by atoms with Gasteiger partial charge in [0, 0.05) is 24.8 Å². The highest BCUT2D eigenvalue weighted by molar-refractivity contribution is 5.97. The van der Waals surface area contributed by atoms with Crippen molar-refractivity contribution >= 4 is 11.5 Å². The zero-order chi connectivity index (χ0) is 13.8. The van der Waals surface area contributed by atoms with E-state index in [9.17, 15) is 9.90 Å². The van der Waals surface area contributed by atoms with Gasteiger partial charge in [-0.1, -0.05) is 19.8 Å². The van der Waals surface area contributed by atoms with Gasteiger partial charge in [0.2, 0.25) is 0 Å². The van der Waals surface area contributed by atoms with Crippen molar-refractivity contribution in [2.24, 2.45) is 5.92 Å². The molecular weight excluding hydrogens is 238 g/mol. The summed E-state index contributed by atoms with van der Waals surface area (Å²) in [6.45, 7) is 5.81. The van der Waals surface area contributed by atoms with E-state index in [1.807, 2.05) is 6.07 Å². The average Bonchev–Trinajstić information content (AvgIpc) is 2.39. The molecule has 1 saturated heterocycles. The van der Waals surface area contributed by atoms with Crippen LogP contribution in [-0.2, 0) is 0 Å². The van der Waals surface area contributed by atoms with E-state index >= 15 is 0 Å². The maximum Gasteiger partial charge on any atom is 0.163 e. The predicted molar refractivity (Wildman–Crippen MR) is 78.0 cm³/mol. The predicted octanol–water partition coefficient (Wildman–Crippen LogP) is 3.61. The van der Waals surface area contributed by atoms with Gasteiger partial charge < -0.3 is 10.0 Å². The van der Waals surface area contributed by atoms with Crippen molar-refractivity contribution in [3.05, 3.63) is 23.8 Å². The highest BCUT2D eigenvalue weighted by Gasteiger charge is 2.19. The first-order chi connectivity index (χ1) is 9.11. The third-order valence-electron chi connectivity index (χ3n) is 4.04. The molecule has 0 amide bonds. The molecular formula is C16H23NO2. The lowest BCUT2D eigenvalue weighted by Crippen LogP contribution is -2.33. The van der Waals surface area contributed by atoms with E-state index in [4.69, 9.17) is 0 Å². The van der Waals surface area contributed by atoms with Gasteiger partial charge in [0.1, 0.15) is 5.75 Å². The van der Waals surface area contributed by atoms with Crippen molar-refractivity contribution in [2.75, 3.05) is 18.0 Å². The van der Waals surface area contributed by atoms with E-state index in [-0.39, 0.29) is 11.5 Å². The van der Waals surface area contributed by atoms with E-state index in [1.165, 1.54) is 32.6 Å². The van der Waals surface area contributed by atoms with Gasteiger partial charge in [-0.05, 0) is 37.8 Å². The molecule has 0 saturated carbocycles. The molecule has 0 atom stereocenters. The van der Waals surface area contributed by atoms with Crippen LogP contribution in [0.5, 0.6) is 5.75 Å². The lowest BCUT2D eigenvalue weighted by atomic mass is 9.92. The number of carbonyl (C=O) groups is 1. The standard InChI is InChI=1S/C16H23NO2/c1-3-4-13-7-9-17(10-8-13)14-5-6-15(12(2)18)16(19)11-14/h5-6,11,13,19H,3-4,7-10H2,1-2H3. The minimum Gasteiger partial charge on any atom is -0.507 e. The second kappa shape index (κ2) is 6.09. The maximum absolute atomic E-state index is 11.3. The number of Topliss-reactive ketones (excluding diaryl/α,β-unsaturated/α-hetero) is 1. The Morgan fingerprint density at radius 3 is 2.58 bits per heavy atom. The Morgan fingerprint density at radius 2 is 2.05 bits per heavy atom. The Balaban J connectivity index is 2.04. The molecule has 1 aliphatic rings. The van der Waals surface area contributed by atoms with E-state index < -0.39 is 0 Å². The highest BCUT2D eigenvalue weighted by Crippen LogP contribution is 2.29. The molecule has 3 nitrogen and oxygen atoms in total. The van der Waals surface area contributed by atoms with Gasteiger partial charge in [-0.3, -0.25) is 4.79 Å². The van der Waals surface area contributed by atoms with Crippen molar-refractivity contribution < 1.29 is 9.90 Å². The minimum absolute atomic E-state index is 0.0919. The molecule has 1 heterocycles. The summed E-state index contributed by atoms with van der Waals surface area (Å²) in [5.41, 5.74) is 1.43. The van der Waals surface area contributed by atoms with Crippen LogP contribution in [0.2, 0.25) is 0 Å². The molecule has 3 heteroatoms. The molecule has 19 heavy (non-hydrogen) atoms. The molecule has 2 rings (SSSR count). The topological polar surface area (TPSA) is 40.5 Å². The first-order valence-electron chi connectivity index (χ1n) is 7.20. The Bertz CT molecular complexity index is 448. The van der Waals surface area contributed by atoms with Crippen molar-refractivity contribution in [1.29, 1.82) is 0 Å². The number of benzene rings is 1. The lowest BCUT2D eigenvalue weighted by Gasteiger charge is -2.33. The van der Waals surface area contributed by atoms with Gasteiger partial charge in [-0.25, -0.2) is 0 Å². The number of ketones is 1. The molecule has 0 spiro atoms. The molecule has 104 valence electrons. The fourth-order valence-electron chi connectivity index (χ4n) is 2.90. The number of aromatic hydroxyl groups is 1. The third kappa shape index (κ3) is 3.28. The fraction of sp³-hybridized carbons (Fsp3) is 0.562. The number of rotatable bonds is 4. The van der Waals surface area contributed by atoms with Crippen LogP contribution in [-0.4, -0.2) is 24.0 Å². The van der Waals surface area contributed by atoms with Crippen LogP contribution < -0.4 is 4.90 Å². The van der Waals surface area contributed by atoms with Crippen molar-refractivity contribution in [2.45, 2.75) is 39.5 Å². The molecule has 1 aliphatic heterocycles. The Labute approximate surface area is 115 Å². The summed E-state index contributed by atoms with van der Waals surface area (Å²) in [4.78, 5) is 13.6. The number of piperidine rings is 1. The third-order valence-corrected chi connectivity index (χ3v) is 4.04. The molecule has 0 unspecified atom stereocenters. The van der Waals surface area contributed by atoms with Gasteiger partial charge in [0.05, 0.1) is 5.56 Å². The average molecular weight is 261 g/mol. The second-order valence-corrected chi connectivity index (χ2v) is 5.48. The first kappa shape index (κ1) is 13.9. The van der Waals surface area contributed by atoms with E-state index in [2.05, 4.69) is 11.8 Å². The summed E-state index contributed by atoms with van der Waals surface area (Å²) in [6.07, 6.45) is 5.03. The summed E-state index contributed by atoms with van der Waals surface area (Å²) in [7, 11) is 0. The molecule has 0 radical (unpaired) electrons. The second-order valence-electron chi connectivity index (χ2n) is 5.48. The van der Waals surface area contributed by atoms with Crippen molar-refractivity contribution in [1.82, 2.24) is 0 Å². The number of hydrogen-bond donors (Lipinski definition) is 1. The number of hydrogen-bond acceptors (Lipinski definition) is 3. The normalized spacial score (nSPS) is 16.6. The largest absolute Gasteiger partial charge is 0.507 e. The monoisotopic (exact) mass is 261 g/mol. The van der Waals surface area contributed by atoms with E-state index in [0.717, 1.165) is 24.7 Å². The fourth-order valence-corrected chi connectivity index (χ4v) is 2.90. The van der Waals surface area contributed by atoms with Crippen molar-refractivity contribution in [3.8, 4) is 5.75 Å². The lowest BCUT2D eigenvalue weighted by molar-refractivity contribution is 0.101. The van der Waals surface area contributed by atoms with Gasteiger partial charge in [0.25, 0.3) is 0 Å².